The lowest BCUT2D eigenvalue weighted by Crippen LogP contribution is -2.20. The van der Waals surface area contributed by atoms with Crippen molar-refractivity contribution in [2.45, 2.75) is 4.90 Å². The summed E-state index contributed by atoms with van der Waals surface area (Å²) >= 11 is 3.11. The Morgan fingerprint density at radius 3 is 2.62 bits per heavy atom. The molecule has 0 spiro atoms. The maximum absolute atomic E-state index is 11.3. The van der Waals surface area contributed by atoms with E-state index in [0.29, 0.717) is 4.47 Å². The van der Waals surface area contributed by atoms with Crippen LogP contribution in [0.4, 0.5) is 0 Å². The number of sulfonamides is 1. The molecule has 13 heavy (non-hydrogen) atoms. The highest BCUT2D eigenvalue weighted by molar-refractivity contribution is 9.10. The molecule has 2 rings (SSSR count). The van der Waals surface area contributed by atoms with Gasteiger partial charge in [0.2, 0.25) is 0 Å². The first-order chi connectivity index (χ1) is 6.02. The summed E-state index contributed by atoms with van der Waals surface area (Å²) < 4.78 is 24.9. The van der Waals surface area contributed by atoms with Crippen LogP contribution >= 0.6 is 15.9 Å². The summed E-state index contributed by atoms with van der Waals surface area (Å²) in [6.45, 7) is 0. The van der Waals surface area contributed by atoms with Crippen LogP contribution in [0, 0.1) is 0 Å². The first-order valence-corrected chi connectivity index (χ1v) is 5.65. The summed E-state index contributed by atoms with van der Waals surface area (Å²) in [5.41, 5.74) is 0.183. The average molecular weight is 262 g/mol. The Kier molecular flexibility index (Phi) is 1.71. The van der Waals surface area contributed by atoms with E-state index in [1.165, 1.54) is 6.07 Å². The van der Waals surface area contributed by atoms with Crippen molar-refractivity contribution in [3.05, 3.63) is 28.2 Å². The van der Waals surface area contributed by atoms with Gasteiger partial charge in [-0.15, -0.1) is 0 Å². The van der Waals surface area contributed by atoms with Crippen molar-refractivity contribution in [2.24, 2.45) is 0 Å². The monoisotopic (exact) mass is 261 g/mol. The number of hydrogen-bond donors (Lipinski definition) is 1. The second kappa shape index (κ2) is 2.55. The predicted molar refractivity (Wildman–Crippen MR) is 48.8 cm³/mol. The van der Waals surface area contributed by atoms with Gasteiger partial charge in [0.25, 0.3) is 15.9 Å². The zero-order valence-electron chi connectivity index (χ0n) is 6.24. The van der Waals surface area contributed by atoms with Crippen LogP contribution in [0.1, 0.15) is 10.4 Å². The van der Waals surface area contributed by atoms with Gasteiger partial charge in [-0.1, -0.05) is 6.07 Å². The molecule has 68 valence electrons. The van der Waals surface area contributed by atoms with E-state index >= 15 is 0 Å². The Labute approximate surface area is 83.1 Å². The molecule has 0 saturated carbocycles. The zero-order chi connectivity index (χ0) is 9.64. The maximum Gasteiger partial charge on any atom is 0.267 e. The molecule has 0 fully saturated rings. The van der Waals surface area contributed by atoms with E-state index in [1.807, 2.05) is 4.72 Å². The van der Waals surface area contributed by atoms with Crippen LogP contribution in [-0.2, 0) is 10.0 Å². The van der Waals surface area contributed by atoms with Crippen molar-refractivity contribution in [3.63, 3.8) is 0 Å². The van der Waals surface area contributed by atoms with E-state index < -0.39 is 15.9 Å². The number of nitrogens with one attached hydrogen (secondary N) is 1. The van der Waals surface area contributed by atoms with Crippen LogP contribution in [0.15, 0.2) is 27.6 Å². The van der Waals surface area contributed by atoms with Gasteiger partial charge in [0.15, 0.2) is 0 Å². The van der Waals surface area contributed by atoms with Gasteiger partial charge in [0.1, 0.15) is 4.90 Å². The number of benzene rings is 1. The van der Waals surface area contributed by atoms with Crippen molar-refractivity contribution in [1.29, 1.82) is 0 Å². The van der Waals surface area contributed by atoms with Gasteiger partial charge >= 0.3 is 0 Å². The molecule has 4 nitrogen and oxygen atoms in total. The molecule has 0 saturated heterocycles. The molecule has 6 heteroatoms. The molecule has 0 aromatic heterocycles. The third-order valence-corrected chi connectivity index (χ3v) is 3.75. The smallest absolute Gasteiger partial charge is 0.267 e. The van der Waals surface area contributed by atoms with Crippen LogP contribution in [0.5, 0.6) is 0 Å². The molecule has 1 aliphatic rings. The Morgan fingerprint density at radius 1 is 1.31 bits per heavy atom. The molecule has 0 unspecified atom stereocenters. The number of carbonyl (C=O) groups excluding carboxylic acids is 1. The van der Waals surface area contributed by atoms with Gasteiger partial charge in [-0.2, -0.15) is 0 Å². The maximum atomic E-state index is 11.3. The summed E-state index contributed by atoms with van der Waals surface area (Å²) in [6, 6.07) is 4.59. The van der Waals surface area contributed by atoms with E-state index in [9.17, 15) is 13.2 Å². The number of amides is 1. The summed E-state index contributed by atoms with van der Waals surface area (Å²) in [7, 11) is -3.61. The Morgan fingerprint density at radius 2 is 2.00 bits per heavy atom. The highest BCUT2D eigenvalue weighted by atomic mass is 79.9. The molecule has 1 N–H and O–H groups in total. The predicted octanol–water partition coefficient (Wildman–Crippen LogP) is 0.881. The molecular weight excluding hydrogens is 258 g/mol. The van der Waals surface area contributed by atoms with Crippen molar-refractivity contribution in [1.82, 2.24) is 4.72 Å². The third-order valence-electron chi connectivity index (χ3n) is 1.72. The van der Waals surface area contributed by atoms with Gasteiger partial charge < -0.3 is 0 Å². The van der Waals surface area contributed by atoms with Crippen LogP contribution in [0.25, 0.3) is 0 Å². The molecule has 1 aromatic rings. The van der Waals surface area contributed by atoms with Gasteiger partial charge in [-0.25, -0.2) is 13.1 Å². The summed E-state index contributed by atoms with van der Waals surface area (Å²) in [6.07, 6.45) is 0. The summed E-state index contributed by atoms with van der Waals surface area (Å²) in [4.78, 5) is 11.2. The van der Waals surface area contributed by atoms with Gasteiger partial charge in [-0.05, 0) is 28.1 Å². The number of hydrogen-bond acceptors (Lipinski definition) is 3. The standard InChI is InChI=1S/C7H4BrNO3S/c8-4-2-1-3-5-6(4)7(10)9-13(5,11)12/h1-3H,(H,9,10). The number of fused-ring (bicyclic) bond motifs is 1. The fourth-order valence-electron chi connectivity index (χ4n) is 1.18. The first-order valence-electron chi connectivity index (χ1n) is 3.38. The van der Waals surface area contributed by atoms with Gasteiger partial charge in [0.05, 0.1) is 5.56 Å². The number of rotatable bonds is 0. The van der Waals surface area contributed by atoms with E-state index in [-0.39, 0.29) is 10.5 Å². The zero-order valence-corrected chi connectivity index (χ0v) is 8.65. The molecule has 1 amide bonds. The highest BCUT2D eigenvalue weighted by Gasteiger charge is 2.33. The second-order valence-electron chi connectivity index (χ2n) is 2.55. The average Bonchev–Trinajstić information content (AvgIpc) is 2.24. The molecule has 0 radical (unpaired) electrons. The molecule has 1 aliphatic heterocycles. The minimum absolute atomic E-state index is 0.0341. The SMILES string of the molecule is O=C1NS(=O)(=O)c2cccc(Br)c21. The minimum Gasteiger partial charge on any atom is -0.268 e. The van der Waals surface area contributed by atoms with Crippen molar-refractivity contribution in [2.75, 3.05) is 0 Å². The third kappa shape index (κ3) is 1.17. The van der Waals surface area contributed by atoms with Crippen LogP contribution in [0.2, 0.25) is 0 Å². The summed E-state index contributed by atoms with van der Waals surface area (Å²) in [5, 5.41) is 0. The lowest BCUT2D eigenvalue weighted by molar-refractivity contribution is 0.0984. The number of carbonyl (C=O) groups is 1. The molecule has 1 aromatic carbocycles. The highest BCUT2D eigenvalue weighted by Crippen LogP contribution is 2.28. The van der Waals surface area contributed by atoms with Crippen LogP contribution in [0.3, 0.4) is 0 Å². The molecule has 0 aliphatic carbocycles. The Balaban J connectivity index is 2.87. The van der Waals surface area contributed by atoms with Crippen LogP contribution in [-0.4, -0.2) is 14.3 Å². The lowest BCUT2D eigenvalue weighted by Gasteiger charge is -1.95. The fourth-order valence-corrected chi connectivity index (χ4v) is 3.04. The fraction of sp³-hybridized carbons (Fsp3) is 0. The minimum atomic E-state index is -3.61. The second-order valence-corrected chi connectivity index (χ2v) is 5.05. The topological polar surface area (TPSA) is 63.2 Å². The lowest BCUT2D eigenvalue weighted by atomic mass is 10.2. The van der Waals surface area contributed by atoms with Crippen LogP contribution < -0.4 is 4.72 Å². The number of halogens is 1. The normalized spacial score (nSPS) is 18.1. The Hall–Kier alpha value is -0.880. The molecule has 0 bridgehead atoms. The molecule has 1 heterocycles. The van der Waals surface area contributed by atoms with Gasteiger partial charge in [0, 0.05) is 4.47 Å². The van der Waals surface area contributed by atoms with Crippen molar-refractivity contribution >= 4 is 31.9 Å². The first kappa shape index (κ1) is 8.71. The molecular formula is C7H4BrNO3S. The van der Waals surface area contributed by atoms with E-state index in [1.54, 1.807) is 12.1 Å². The largest absolute Gasteiger partial charge is 0.268 e. The van der Waals surface area contributed by atoms with Crippen molar-refractivity contribution in [3.8, 4) is 0 Å². The van der Waals surface area contributed by atoms with E-state index in [2.05, 4.69) is 15.9 Å². The quantitative estimate of drug-likeness (QED) is 0.754. The van der Waals surface area contributed by atoms with E-state index in [4.69, 9.17) is 0 Å². The van der Waals surface area contributed by atoms with Gasteiger partial charge in [-0.3, -0.25) is 4.79 Å². The Bertz CT molecular complexity index is 494. The summed E-state index contributed by atoms with van der Waals surface area (Å²) in [5.74, 6) is -0.581. The molecule has 0 atom stereocenters. The van der Waals surface area contributed by atoms with E-state index in [0.717, 1.165) is 0 Å². The van der Waals surface area contributed by atoms with Crippen molar-refractivity contribution < 1.29 is 13.2 Å².